The average Bonchev–Trinajstić information content (AvgIpc) is 2.84. The van der Waals surface area contributed by atoms with Crippen LogP contribution in [-0.4, -0.2) is 23.3 Å². The van der Waals surface area contributed by atoms with Crippen LogP contribution in [-0.2, 0) is 11.3 Å². The van der Waals surface area contributed by atoms with E-state index in [-0.39, 0.29) is 12.1 Å². The fourth-order valence-corrected chi connectivity index (χ4v) is 2.30. The van der Waals surface area contributed by atoms with E-state index < -0.39 is 18.0 Å². The van der Waals surface area contributed by atoms with Gasteiger partial charge in [0.1, 0.15) is 11.9 Å². The van der Waals surface area contributed by atoms with Gasteiger partial charge in [0.05, 0.1) is 13.1 Å². The highest BCUT2D eigenvalue weighted by Gasteiger charge is 2.32. The predicted octanol–water partition coefficient (Wildman–Crippen LogP) is 2.01. The summed E-state index contributed by atoms with van der Waals surface area (Å²) < 4.78 is 19.6. The van der Waals surface area contributed by atoms with Crippen LogP contribution in [0.2, 0.25) is 0 Å². The molecule has 6 heteroatoms. The average molecular weight is 288 g/mol. The lowest BCUT2D eigenvalue weighted by atomic mass is 10.2. The number of halogens is 1. The van der Waals surface area contributed by atoms with Gasteiger partial charge in [-0.2, -0.15) is 0 Å². The summed E-state index contributed by atoms with van der Waals surface area (Å²) in [7, 11) is 0. The van der Waals surface area contributed by atoms with E-state index in [2.05, 4.69) is 0 Å². The molecule has 0 N–H and O–H groups in total. The highest BCUT2D eigenvalue weighted by molar-refractivity contribution is 5.89. The normalized spacial score (nSPS) is 17.9. The van der Waals surface area contributed by atoms with Crippen LogP contribution in [0.15, 0.2) is 53.5 Å². The Morgan fingerprint density at radius 1 is 1.14 bits per heavy atom. The molecule has 0 aliphatic carbocycles. The predicted molar refractivity (Wildman–Crippen MR) is 74.7 cm³/mol. The molecule has 0 bridgehead atoms. The number of amides is 1. The first-order valence-electron chi connectivity index (χ1n) is 6.53. The number of rotatable bonds is 3. The number of ether oxygens (including phenoxy) is 1. The molecule has 1 fully saturated rings. The summed E-state index contributed by atoms with van der Waals surface area (Å²) in [4.78, 5) is 25.0. The molecule has 1 aliphatic heterocycles. The minimum atomic E-state index is -0.501. The molecule has 1 saturated heterocycles. The molecular formula is C15H13FN2O3. The molecule has 0 spiro atoms. The Hall–Kier alpha value is -2.63. The molecule has 1 atom stereocenters. The van der Waals surface area contributed by atoms with Crippen molar-refractivity contribution in [3.05, 3.63) is 64.8 Å². The van der Waals surface area contributed by atoms with Crippen molar-refractivity contribution in [1.29, 1.82) is 0 Å². The Labute approximate surface area is 120 Å². The van der Waals surface area contributed by atoms with E-state index in [1.807, 2.05) is 18.2 Å². The van der Waals surface area contributed by atoms with Gasteiger partial charge in [0.2, 0.25) is 0 Å². The number of anilines is 1. The first kappa shape index (κ1) is 13.4. The largest absolute Gasteiger partial charge is 0.442 e. The third-order valence-electron chi connectivity index (χ3n) is 3.29. The zero-order chi connectivity index (χ0) is 14.8. The molecule has 1 aromatic heterocycles. The van der Waals surface area contributed by atoms with Crippen LogP contribution in [0.25, 0.3) is 0 Å². The minimum Gasteiger partial charge on any atom is -0.442 e. The number of cyclic esters (lactones) is 1. The maximum Gasteiger partial charge on any atom is 0.414 e. The van der Waals surface area contributed by atoms with Gasteiger partial charge in [0.15, 0.2) is 0 Å². The van der Waals surface area contributed by atoms with Gasteiger partial charge >= 0.3 is 6.09 Å². The Morgan fingerprint density at radius 2 is 1.90 bits per heavy atom. The summed E-state index contributed by atoms with van der Waals surface area (Å²) in [5.74, 6) is -0.501. The Kier molecular flexibility index (Phi) is 3.43. The highest BCUT2D eigenvalue weighted by Crippen LogP contribution is 2.21. The van der Waals surface area contributed by atoms with Crippen LogP contribution in [0.5, 0.6) is 0 Å². The molecule has 21 heavy (non-hydrogen) atoms. The van der Waals surface area contributed by atoms with Crippen LogP contribution >= 0.6 is 0 Å². The summed E-state index contributed by atoms with van der Waals surface area (Å²) >= 11 is 0. The first-order chi connectivity index (χ1) is 10.1. The van der Waals surface area contributed by atoms with E-state index in [0.29, 0.717) is 6.54 Å². The lowest BCUT2D eigenvalue weighted by Crippen LogP contribution is -2.29. The summed E-state index contributed by atoms with van der Waals surface area (Å²) in [5, 5.41) is 0. The Bertz CT molecular complexity index is 714. The fraction of sp³-hybridized carbons (Fsp3) is 0.200. The number of hydrogen-bond acceptors (Lipinski definition) is 3. The maximum atomic E-state index is 13.2. The number of pyridine rings is 1. The van der Waals surface area contributed by atoms with E-state index in [1.165, 1.54) is 9.47 Å². The monoisotopic (exact) mass is 288 g/mol. The van der Waals surface area contributed by atoms with Gasteiger partial charge in [0, 0.05) is 18.0 Å². The van der Waals surface area contributed by atoms with Crippen molar-refractivity contribution in [2.24, 2.45) is 0 Å². The van der Waals surface area contributed by atoms with E-state index in [1.54, 1.807) is 12.1 Å². The van der Waals surface area contributed by atoms with Crippen LogP contribution < -0.4 is 10.5 Å². The molecule has 2 aromatic rings. The molecule has 108 valence electrons. The van der Waals surface area contributed by atoms with Crippen molar-refractivity contribution >= 4 is 11.8 Å². The number of benzene rings is 1. The second-order valence-electron chi connectivity index (χ2n) is 4.79. The third kappa shape index (κ3) is 2.79. The number of para-hydroxylation sites is 1. The second-order valence-corrected chi connectivity index (χ2v) is 4.79. The highest BCUT2D eigenvalue weighted by atomic mass is 19.1. The van der Waals surface area contributed by atoms with Crippen molar-refractivity contribution in [3.8, 4) is 0 Å². The number of carbonyl (C=O) groups is 1. The van der Waals surface area contributed by atoms with Crippen LogP contribution in [0.3, 0.4) is 0 Å². The Morgan fingerprint density at radius 3 is 2.67 bits per heavy atom. The molecule has 3 rings (SSSR count). The van der Waals surface area contributed by atoms with Crippen molar-refractivity contribution in [1.82, 2.24) is 4.57 Å². The second kappa shape index (κ2) is 5.40. The lowest BCUT2D eigenvalue weighted by Gasteiger charge is -2.13. The quantitative estimate of drug-likeness (QED) is 0.868. The Balaban J connectivity index is 1.76. The maximum absolute atomic E-state index is 13.2. The van der Waals surface area contributed by atoms with Gasteiger partial charge in [-0.15, -0.1) is 0 Å². The van der Waals surface area contributed by atoms with Crippen molar-refractivity contribution in [2.45, 2.75) is 12.6 Å². The van der Waals surface area contributed by atoms with Gasteiger partial charge in [-0.1, -0.05) is 18.2 Å². The molecule has 0 radical (unpaired) electrons. The molecule has 1 aliphatic rings. The molecular weight excluding hydrogens is 275 g/mol. The molecule has 0 saturated carbocycles. The first-order valence-corrected chi connectivity index (χ1v) is 6.53. The smallest absolute Gasteiger partial charge is 0.414 e. The lowest BCUT2D eigenvalue weighted by molar-refractivity contribution is 0.131. The van der Waals surface area contributed by atoms with E-state index in [0.717, 1.165) is 24.0 Å². The number of nitrogens with zero attached hydrogens (tertiary/aromatic N) is 2. The fourth-order valence-electron chi connectivity index (χ4n) is 2.30. The third-order valence-corrected chi connectivity index (χ3v) is 3.29. The van der Waals surface area contributed by atoms with E-state index >= 15 is 0 Å². The number of aromatic nitrogens is 1. The van der Waals surface area contributed by atoms with Crippen LogP contribution in [0, 0.1) is 5.82 Å². The van der Waals surface area contributed by atoms with Gasteiger partial charge in [0.25, 0.3) is 5.56 Å². The number of carbonyl (C=O) groups excluding carboxylic acids is 1. The van der Waals surface area contributed by atoms with Gasteiger partial charge < -0.3 is 9.30 Å². The SMILES string of the molecule is O=C1O[C@@H](Cn2cc(F)ccc2=O)CN1c1ccccc1. The summed E-state index contributed by atoms with van der Waals surface area (Å²) in [6.45, 7) is 0.456. The van der Waals surface area contributed by atoms with Gasteiger partial charge in [-0.25, -0.2) is 9.18 Å². The van der Waals surface area contributed by atoms with Crippen molar-refractivity contribution in [2.75, 3.05) is 11.4 Å². The molecule has 5 nitrogen and oxygen atoms in total. The van der Waals surface area contributed by atoms with Crippen LogP contribution in [0.1, 0.15) is 0 Å². The van der Waals surface area contributed by atoms with Gasteiger partial charge in [-0.3, -0.25) is 9.69 Å². The minimum absolute atomic E-state index is 0.131. The summed E-state index contributed by atoms with van der Waals surface area (Å²) in [6, 6.07) is 11.4. The zero-order valence-corrected chi connectivity index (χ0v) is 11.1. The number of hydrogen-bond donors (Lipinski definition) is 0. The standard InChI is InChI=1S/C15H13FN2O3/c16-11-6-7-14(19)17(8-11)9-13-10-18(15(20)21-13)12-4-2-1-3-5-12/h1-8,13H,9-10H2/t13-/m0/s1. The van der Waals surface area contributed by atoms with E-state index in [4.69, 9.17) is 4.74 Å². The van der Waals surface area contributed by atoms with Crippen molar-refractivity contribution in [3.63, 3.8) is 0 Å². The topological polar surface area (TPSA) is 51.5 Å². The molecule has 2 heterocycles. The molecule has 1 amide bonds. The molecule has 0 unspecified atom stereocenters. The van der Waals surface area contributed by atoms with Gasteiger partial charge in [-0.05, 0) is 18.2 Å². The van der Waals surface area contributed by atoms with E-state index in [9.17, 15) is 14.0 Å². The zero-order valence-electron chi connectivity index (χ0n) is 11.1. The summed E-state index contributed by atoms with van der Waals surface area (Å²) in [5.41, 5.74) is 0.405. The molecule has 1 aromatic carbocycles. The summed E-state index contributed by atoms with van der Waals surface area (Å²) in [6.07, 6.45) is 0.161. The van der Waals surface area contributed by atoms with Crippen molar-refractivity contribution < 1.29 is 13.9 Å². The van der Waals surface area contributed by atoms with Crippen LogP contribution in [0.4, 0.5) is 14.9 Å².